The summed E-state index contributed by atoms with van der Waals surface area (Å²) in [5.74, 6) is -0.935. The molecule has 0 unspecified atom stereocenters. The third kappa shape index (κ3) is 10.8. The Morgan fingerprint density at radius 1 is 0.805 bits per heavy atom. The first kappa shape index (κ1) is 31.4. The first-order valence-electron chi connectivity index (χ1n) is 13.5. The molecule has 0 radical (unpaired) electrons. The highest BCUT2D eigenvalue weighted by Crippen LogP contribution is 2.17. The van der Waals surface area contributed by atoms with Crippen LogP contribution in [-0.4, -0.2) is 72.4 Å². The number of hydrogen-bond donors (Lipinski definition) is 3. The van der Waals surface area contributed by atoms with Gasteiger partial charge in [0.25, 0.3) is 0 Å². The molecule has 222 valence electrons. The number of nitrogens with one attached hydrogen (secondary N) is 3. The predicted octanol–water partition coefficient (Wildman–Crippen LogP) is 4.58. The van der Waals surface area contributed by atoms with E-state index in [0.29, 0.717) is 43.2 Å². The lowest BCUT2D eigenvalue weighted by Gasteiger charge is -2.27. The third-order valence-electron chi connectivity index (χ3n) is 5.74. The van der Waals surface area contributed by atoms with Gasteiger partial charge in [-0.15, -0.1) is 0 Å². The molecule has 0 saturated carbocycles. The Labute approximate surface area is 240 Å². The Hall–Kier alpha value is -4.12. The van der Waals surface area contributed by atoms with Gasteiger partial charge in [-0.2, -0.15) is 0 Å². The highest BCUT2D eigenvalue weighted by Gasteiger charge is 2.25. The van der Waals surface area contributed by atoms with Gasteiger partial charge in [0.2, 0.25) is 5.91 Å². The van der Waals surface area contributed by atoms with E-state index in [1.165, 1.54) is 0 Å². The molecule has 3 rings (SSSR count). The van der Waals surface area contributed by atoms with Crippen molar-refractivity contribution < 1.29 is 33.4 Å². The standard InChI is InChI=1S/C30H40N4O7/c1-29(2,3)40-26(36)21-9-13-22(14-10-21)31-25(35)24(33-28(38)41-30(4,5)6)19-20-7-11-23(12-8-20)32-27(37)34-15-17-39-18-16-34/h7-14,24H,15-19H2,1-6H3,(H,31,35)(H,32,37)(H,33,38)/t24-/m0/s1. The molecular formula is C30H40N4O7. The smallest absolute Gasteiger partial charge is 0.408 e. The molecule has 0 bridgehead atoms. The molecule has 11 nitrogen and oxygen atoms in total. The maximum atomic E-state index is 13.3. The van der Waals surface area contributed by atoms with E-state index in [1.807, 2.05) is 0 Å². The Bertz CT molecular complexity index is 1210. The number of urea groups is 1. The van der Waals surface area contributed by atoms with Gasteiger partial charge >= 0.3 is 18.1 Å². The highest BCUT2D eigenvalue weighted by atomic mass is 16.6. The van der Waals surface area contributed by atoms with Crippen LogP contribution in [0.3, 0.4) is 0 Å². The number of rotatable bonds is 7. The first-order chi connectivity index (χ1) is 19.2. The van der Waals surface area contributed by atoms with Gasteiger partial charge in [-0.3, -0.25) is 4.79 Å². The van der Waals surface area contributed by atoms with Crippen molar-refractivity contribution in [3.05, 3.63) is 59.7 Å². The van der Waals surface area contributed by atoms with E-state index >= 15 is 0 Å². The second-order valence-electron chi connectivity index (χ2n) is 11.7. The summed E-state index contributed by atoms with van der Waals surface area (Å²) in [4.78, 5) is 52.3. The van der Waals surface area contributed by atoms with Crippen LogP contribution in [0, 0.1) is 0 Å². The van der Waals surface area contributed by atoms with Crippen LogP contribution in [-0.2, 0) is 25.4 Å². The minimum atomic E-state index is -0.968. The molecule has 4 amide bonds. The zero-order valence-corrected chi connectivity index (χ0v) is 24.5. The highest BCUT2D eigenvalue weighted by molar-refractivity contribution is 5.97. The summed E-state index contributed by atoms with van der Waals surface area (Å²) in [6.07, 6.45) is -0.564. The molecule has 1 aliphatic rings. The number of alkyl carbamates (subject to hydrolysis) is 1. The zero-order chi connectivity index (χ0) is 30.2. The summed E-state index contributed by atoms with van der Waals surface area (Å²) in [5.41, 5.74) is 0.781. The van der Waals surface area contributed by atoms with Gasteiger partial charge in [0.15, 0.2) is 0 Å². The van der Waals surface area contributed by atoms with Crippen LogP contribution in [0.1, 0.15) is 57.5 Å². The van der Waals surface area contributed by atoms with E-state index in [0.717, 1.165) is 5.56 Å². The minimum Gasteiger partial charge on any atom is -0.456 e. The Morgan fingerprint density at radius 3 is 1.90 bits per heavy atom. The van der Waals surface area contributed by atoms with Crippen LogP contribution in [0.25, 0.3) is 0 Å². The molecule has 11 heteroatoms. The molecule has 2 aromatic carbocycles. The topological polar surface area (TPSA) is 135 Å². The van der Waals surface area contributed by atoms with Gasteiger partial charge in [-0.25, -0.2) is 14.4 Å². The number of hydrogen-bond acceptors (Lipinski definition) is 7. The summed E-state index contributed by atoms with van der Waals surface area (Å²) in [7, 11) is 0. The number of morpholine rings is 1. The fraction of sp³-hybridized carbons (Fsp3) is 0.467. The van der Waals surface area contributed by atoms with Gasteiger partial charge < -0.3 is 35.1 Å². The second-order valence-corrected chi connectivity index (χ2v) is 11.7. The van der Waals surface area contributed by atoms with Crippen molar-refractivity contribution in [2.75, 3.05) is 36.9 Å². The van der Waals surface area contributed by atoms with Crippen molar-refractivity contribution >= 4 is 35.4 Å². The molecule has 1 aliphatic heterocycles. The van der Waals surface area contributed by atoms with E-state index in [4.69, 9.17) is 14.2 Å². The van der Waals surface area contributed by atoms with E-state index in [-0.39, 0.29) is 12.5 Å². The molecule has 1 heterocycles. The average molecular weight is 569 g/mol. The minimum absolute atomic E-state index is 0.165. The number of ether oxygens (including phenoxy) is 3. The third-order valence-corrected chi connectivity index (χ3v) is 5.74. The molecule has 3 N–H and O–H groups in total. The van der Waals surface area contributed by atoms with E-state index in [2.05, 4.69) is 16.0 Å². The van der Waals surface area contributed by atoms with Gasteiger partial charge in [0, 0.05) is 30.9 Å². The number of carbonyl (C=O) groups excluding carboxylic acids is 4. The van der Waals surface area contributed by atoms with Crippen molar-refractivity contribution in [2.24, 2.45) is 0 Å². The number of benzene rings is 2. The molecule has 1 fully saturated rings. The Balaban J connectivity index is 1.68. The van der Waals surface area contributed by atoms with Crippen molar-refractivity contribution in [2.45, 2.75) is 65.2 Å². The summed E-state index contributed by atoms with van der Waals surface area (Å²) >= 11 is 0. The molecule has 2 aromatic rings. The van der Waals surface area contributed by atoms with E-state index in [1.54, 1.807) is 95.0 Å². The molecule has 1 saturated heterocycles. The SMILES string of the molecule is CC(C)(C)OC(=O)N[C@@H](Cc1ccc(NC(=O)N2CCOCC2)cc1)C(=O)Nc1ccc(C(=O)OC(C)(C)C)cc1. The predicted molar refractivity (Wildman–Crippen MR) is 155 cm³/mol. The van der Waals surface area contributed by atoms with Crippen LogP contribution in [0.2, 0.25) is 0 Å². The summed E-state index contributed by atoms with van der Waals surface area (Å²) in [5, 5.41) is 8.30. The largest absolute Gasteiger partial charge is 0.456 e. The summed E-state index contributed by atoms with van der Waals surface area (Å²) < 4.78 is 16.0. The number of anilines is 2. The van der Waals surface area contributed by atoms with Gasteiger partial charge in [0.05, 0.1) is 18.8 Å². The van der Waals surface area contributed by atoms with E-state index in [9.17, 15) is 19.2 Å². The van der Waals surface area contributed by atoms with Crippen molar-refractivity contribution in [1.82, 2.24) is 10.2 Å². The van der Waals surface area contributed by atoms with Crippen LogP contribution >= 0.6 is 0 Å². The molecule has 0 spiro atoms. The number of amides is 4. The Kier molecular flexibility index (Phi) is 10.3. The lowest BCUT2D eigenvalue weighted by Crippen LogP contribution is -2.47. The van der Waals surface area contributed by atoms with E-state index < -0.39 is 35.2 Å². The molecule has 0 aliphatic carbocycles. The summed E-state index contributed by atoms with van der Waals surface area (Å²) in [6, 6.07) is 12.2. The monoisotopic (exact) mass is 568 g/mol. The number of carbonyl (C=O) groups is 4. The average Bonchev–Trinajstić information content (AvgIpc) is 2.88. The van der Waals surface area contributed by atoms with Crippen molar-refractivity contribution in [3.8, 4) is 0 Å². The molecular weight excluding hydrogens is 528 g/mol. The van der Waals surface area contributed by atoms with Crippen LogP contribution in [0.4, 0.5) is 21.0 Å². The lowest BCUT2D eigenvalue weighted by atomic mass is 10.0. The second kappa shape index (κ2) is 13.5. The van der Waals surface area contributed by atoms with Gasteiger partial charge in [0.1, 0.15) is 17.2 Å². The molecule has 41 heavy (non-hydrogen) atoms. The van der Waals surface area contributed by atoms with Gasteiger partial charge in [-0.1, -0.05) is 12.1 Å². The first-order valence-corrected chi connectivity index (χ1v) is 13.5. The Morgan fingerprint density at radius 2 is 1.34 bits per heavy atom. The van der Waals surface area contributed by atoms with Crippen molar-refractivity contribution in [3.63, 3.8) is 0 Å². The molecule has 1 atom stereocenters. The number of esters is 1. The lowest BCUT2D eigenvalue weighted by molar-refractivity contribution is -0.118. The van der Waals surface area contributed by atoms with Crippen LogP contribution in [0.5, 0.6) is 0 Å². The van der Waals surface area contributed by atoms with Crippen LogP contribution < -0.4 is 16.0 Å². The fourth-order valence-electron chi connectivity index (χ4n) is 3.84. The fourth-order valence-corrected chi connectivity index (χ4v) is 3.84. The quantitative estimate of drug-likeness (QED) is 0.416. The van der Waals surface area contributed by atoms with Crippen molar-refractivity contribution in [1.29, 1.82) is 0 Å². The normalized spacial score (nSPS) is 14.4. The molecule has 0 aromatic heterocycles. The van der Waals surface area contributed by atoms with Gasteiger partial charge in [-0.05, 0) is 83.5 Å². The maximum absolute atomic E-state index is 13.3. The summed E-state index contributed by atoms with van der Waals surface area (Å²) in [6.45, 7) is 12.6. The maximum Gasteiger partial charge on any atom is 0.408 e. The zero-order valence-electron chi connectivity index (χ0n) is 24.5. The van der Waals surface area contributed by atoms with Crippen LogP contribution in [0.15, 0.2) is 48.5 Å². The number of nitrogens with zero attached hydrogens (tertiary/aromatic N) is 1.